The summed E-state index contributed by atoms with van der Waals surface area (Å²) in [6.07, 6.45) is 0.490. The molecule has 0 unspecified atom stereocenters. The van der Waals surface area contributed by atoms with E-state index in [4.69, 9.17) is 52.1 Å². The molecule has 2 aromatic rings. The van der Waals surface area contributed by atoms with Crippen molar-refractivity contribution in [3.05, 3.63) is 59.7 Å². The number of carbonyl (C=O) groups excluding carboxylic acids is 2. The van der Waals surface area contributed by atoms with Gasteiger partial charge in [0, 0.05) is 19.1 Å². The standard InChI is InChI=1S/C41H63NO13/c1-41(2,3)55-39(43)13-16-46-18-20-48-22-24-50-26-28-52-30-32-53-31-29-51-27-25-49-23-21-47-19-17-45-15-8-14-42-40(44)54-33-38-36-11-6-4-9-34(36)35-10-5-7-12-37(35)38/h4-7,9-12,38H,8,13-33H2,1-3H3,(H,42,44). The van der Waals surface area contributed by atoms with Gasteiger partial charge in [-0.3, -0.25) is 4.79 Å². The van der Waals surface area contributed by atoms with Crippen molar-refractivity contribution in [1.82, 2.24) is 5.32 Å². The first kappa shape index (κ1) is 46.2. The molecule has 3 rings (SSSR count). The number of rotatable bonds is 33. The van der Waals surface area contributed by atoms with Crippen LogP contribution in [0.1, 0.15) is 50.7 Å². The number of amides is 1. The van der Waals surface area contributed by atoms with Crippen LogP contribution in [0, 0.1) is 0 Å². The summed E-state index contributed by atoms with van der Waals surface area (Å²) in [5.41, 5.74) is 4.32. The number of benzene rings is 2. The molecule has 0 saturated heterocycles. The fourth-order valence-electron chi connectivity index (χ4n) is 5.42. The zero-order valence-electron chi connectivity index (χ0n) is 33.1. The summed E-state index contributed by atoms with van der Waals surface area (Å²) >= 11 is 0. The summed E-state index contributed by atoms with van der Waals surface area (Å²) in [6, 6.07) is 16.6. The van der Waals surface area contributed by atoms with Crippen LogP contribution in [0.15, 0.2) is 48.5 Å². The quantitative estimate of drug-likeness (QED) is 0.0783. The van der Waals surface area contributed by atoms with E-state index in [2.05, 4.69) is 29.6 Å². The minimum absolute atomic E-state index is 0.0467. The molecule has 0 saturated carbocycles. The maximum atomic E-state index is 12.3. The Morgan fingerprint density at radius 2 is 0.891 bits per heavy atom. The third-order valence-corrected chi connectivity index (χ3v) is 7.93. The Balaban J connectivity index is 0.954. The molecule has 0 fully saturated rings. The fourth-order valence-corrected chi connectivity index (χ4v) is 5.42. The van der Waals surface area contributed by atoms with Crippen molar-refractivity contribution in [2.45, 2.75) is 45.1 Å². The van der Waals surface area contributed by atoms with Gasteiger partial charge in [-0.25, -0.2) is 4.79 Å². The maximum absolute atomic E-state index is 12.3. The van der Waals surface area contributed by atoms with Crippen molar-refractivity contribution in [3.63, 3.8) is 0 Å². The number of ether oxygens (including phenoxy) is 11. The second-order valence-corrected chi connectivity index (χ2v) is 13.5. The zero-order chi connectivity index (χ0) is 39.2. The Morgan fingerprint density at radius 1 is 0.527 bits per heavy atom. The number of fused-ring (bicyclic) bond motifs is 3. The second-order valence-electron chi connectivity index (χ2n) is 13.5. The lowest BCUT2D eigenvalue weighted by Crippen LogP contribution is -2.27. The average Bonchev–Trinajstić information content (AvgIpc) is 3.48. The van der Waals surface area contributed by atoms with Crippen molar-refractivity contribution >= 4 is 12.1 Å². The summed E-state index contributed by atoms with van der Waals surface area (Å²) in [7, 11) is 0. The number of nitrogens with one attached hydrogen (secondary N) is 1. The third-order valence-electron chi connectivity index (χ3n) is 7.93. The van der Waals surface area contributed by atoms with E-state index in [1.54, 1.807) is 0 Å². The van der Waals surface area contributed by atoms with Gasteiger partial charge in [-0.05, 0) is 49.4 Å². The highest BCUT2D eigenvalue weighted by molar-refractivity contribution is 5.79. The molecule has 0 aromatic heterocycles. The number of hydrogen-bond donors (Lipinski definition) is 1. The molecule has 14 nitrogen and oxygen atoms in total. The summed E-state index contributed by atoms with van der Waals surface area (Å²) in [5, 5.41) is 2.80. The van der Waals surface area contributed by atoms with Crippen LogP contribution in [-0.2, 0) is 56.9 Å². The van der Waals surface area contributed by atoms with Crippen LogP contribution in [-0.4, -0.2) is 150 Å². The largest absolute Gasteiger partial charge is 0.460 e. The topological polar surface area (TPSA) is 148 Å². The minimum Gasteiger partial charge on any atom is -0.460 e. The fraction of sp³-hybridized carbons (Fsp3) is 0.659. The smallest absolute Gasteiger partial charge is 0.407 e. The molecule has 0 bridgehead atoms. The lowest BCUT2D eigenvalue weighted by atomic mass is 9.98. The van der Waals surface area contributed by atoms with Crippen molar-refractivity contribution in [2.24, 2.45) is 0 Å². The van der Waals surface area contributed by atoms with E-state index in [0.29, 0.717) is 138 Å². The molecular weight excluding hydrogens is 714 g/mol. The molecule has 310 valence electrons. The summed E-state index contributed by atoms with van der Waals surface area (Å²) in [5.74, 6) is -0.222. The Labute approximate surface area is 326 Å². The normalized spacial score (nSPS) is 12.4. The molecule has 0 spiro atoms. The van der Waals surface area contributed by atoms with Crippen molar-refractivity contribution in [3.8, 4) is 11.1 Å². The van der Waals surface area contributed by atoms with Gasteiger partial charge in [0.05, 0.1) is 119 Å². The third kappa shape index (κ3) is 21.6. The molecule has 1 amide bonds. The molecule has 2 aromatic carbocycles. The highest BCUT2D eigenvalue weighted by atomic mass is 16.6. The predicted molar refractivity (Wildman–Crippen MR) is 206 cm³/mol. The summed E-state index contributed by atoms with van der Waals surface area (Å²) in [4.78, 5) is 23.9. The van der Waals surface area contributed by atoms with Crippen LogP contribution in [0.2, 0.25) is 0 Å². The lowest BCUT2D eigenvalue weighted by Gasteiger charge is -2.19. The van der Waals surface area contributed by atoms with Gasteiger partial charge in [0.25, 0.3) is 0 Å². The van der Waals surface area contributed by atoms with Crippen LogP contribution in [0.25, 0.3) is 11.1 Å². The monoisotopic (exact) mass is 777 g/mol. The molecule has 0 heterocycles. The van der Waals surface area contributed by atoms with Gasteiger partial charge in [-0.15, -0.1) is 0 Å². The number of hydrogen-bond acceptors (Lipinski definition) is 13. The number of alkyl carbamates (subject to hydrolysis) is 1. The molecular formula is C41H63NO13. The SMILES string of the molecule is CC(C)(C)OC(=O)CCOCCOCCOCCOCCOCCOCCOCCOCCOCCCNC(=O)OCC1c2ccccc2-c2ccccc21. The highest BCUT2D eigenvalue weighted by Gasteiger charge is 2.29. The van der Waals surface area contributed by atoms with Gasteiger partial charge in [0.2, 0.25) is 0 Å². The van der Waals surface area contributed by atoms with E-state index < -0.39 is 11.7 Å². The van der Waals surface area contributed by atoms with E-state index >= 15 is 0 Å². The predicted octanol–water partition coefficient (Wildman–Crippen LogP) is 4.80. The van der Waals surface area contributed by atoms with Crippen LogP contribution in [0.5, 0.6) is 0 Å². The molecule has 0 radical (unpaired) electrons. The Bertz CT molecular complexity index is 1260. The molecule has 1 aliphatic rings. The second kappa shape index (κ2) is 29.1. The Morgan fingerprint density at radius 3 is 1.29 bits per heavy atom. The van der Waals surface area contributed by atoms with Crippen LogP contribution in [0.4, 0.5) is 4.79 Å². The first-order chi connectivity index (χ1) is 26.8. The lowest BCUT2D eigenvalue weighted by molar-refractivity contribution is -0.156. The number of esters is 1. The molecule has 0 aliphatic heterocycles. The minimum atomic E-state index is -0.479. The highest BCUT2D eigenvalue weighted by Crippen LogP contribution is 2.44. The maximum Gasteiger partial charge on any atom is 0.407 e. The van der Waals surface area contributed by atoms with Gasteiger partial charge in [-0.2, -0.15) is 0 Å². The van der Waals surface area contributed by atoms with Crippen molar-refractivity contribution in [1.29, 1.82) is 0 Å². The zero-order valence-corrected chi connectivity index (χ0v) is 33.1. The van der Waals surface area contributed by atoms with Crippen molar-refractivity contribution in [2.75, 3.05) is 132 Å². The summed E-state index contributed by atoms with van der Waals surface area (Å²) < 4.78 is 60.1. The van der Waals surface area contributed by atoms with E-state index in [9.17, 15) is 9.59 Å². The van der Waals surface area contributed by atoms with Crippen LogP contribution in [0.3, 0.4) is 0 Å². The Hall–Kier alpha value is -3.18. The molecule has 0 atom stereocenters. The van der Waals surface area contributed by atoms with Crippen LogP contribution < -0.4 is 5.32 Å². The van der Waals surface area contributed by atoms with Gasteiger partial charge in [-0.1, -0.05) is 48.5 Å². The first-order valence-electron chi connectivity index (χ1n) is 19.4. The van der Waals surface area contributed by atoms with E-state index in [0.717, 1.165) is 0 Å². The molecule has 1 aliphatic carbocycles. The van der Waals surface area contributed by atoms with Gasteiger partial charge in [0.15, 0.2) is 0 Å². The van der Waals surface area contributed by atoms with Gasteiger partial charge in [0.1, 0.15) is 12.2 Å². The number of carbonyl (C=O) groups is 2. The molecule has 55 heavy (non-hydrogen) atoms. The van der Waals surface area contributed by atoms with Gasteiger partial charge < -0.3 is 57.4 Å². The average molecular weight is 778 g/mol. The van der Waals surface area contributed by atoms with Crippen LogP contribution >= 0.6 is 0 Å². The van der Waals surface area contributed by atoms with E-state index in [-0.39, 0.29) is 18.3 Å². The van der Waals surface area contributed by atoms with Crippen molar-refractivity contribution < 1.29 is 61.7 Å². The van der Waals surface area contributed by atoms with Gasteiger partial charge >= 0.3 is 12.1 Å². The Kier molecular flexibility index (Phi) is 24.5. The molecule has 14 heteroatoms. The molecule has 1 N–H and O–H groups in total. The van der Waals surface area contributed by atoms with E-state index in [1.807, 2.05) is 45.0 Å². The van der Waals surface area contributed by atoms with E-state index in [1.165, 1.54) is 22.3 Å². The summed E-state index contributed by atoms with van der Waals surface area (Å²) in [6.45, 7) is 14.6. The first-order valence-corrected chi connectivity index (χ1v) is 19.4.